The predicted molar refractivity (Wildman–Crippen MR) is 144 cm³/mol. The maximum absolute atomic E-state index is 13.7. The third kappa shape index (κ3) is 7.75. The van der Waals surface area contributed by atoms with Crippen molar-refractivity contribution in [1.29, 1.82) is 0 Å². The summed E-state index contributed by atoms with van der Waals surface area (Å²) in [7, 11) is -2.43. The molecule has 0 aliphatic carbocycles. The first-order valence-electron chi connectivity index (χ1n) is 11.6. The number of carbonyl (C=O) groups excluding carboxylic acids is 2. The number of ether oxygens (including phenoxy) is 1. The number of rotatable bonds is 12. The summed E-state index contributed by atoms with van der Waals surface area (Å²) in [5, 5.41) is 3.56. The Balaban J connectivity index is 2.48. The van der Waals surface area contributed by atoms with Crippen molar-refractivity contribution in [3.63, 3.8) is 0 Å². The Kier molecular flexibility index (Phi) is 10.9. The lowest BCUT2D eigenvalue weighted by Gasteiger charge is -2.33. The average Bonchev–Trinajstić information content (AvgIpc) is 2.82. The van der Waals surface area contributed by atoms with Crippen LogP contribution in [0.4, 0.5) is 5.69 Å². The van der Waals surface area contributed by atoms with Gasteiger partial charge < -0.3 is 15.0 Å². The standard InChI is InChI=1S/C25H33Cl2N3O5S/c1-6-17(3)28-25(32)22(7-2)29(15-18-10-8-9-11-20(18)26)24(31)16-30(36(5,33)34)19-12-13-23(35-4)21(27)14-19/h8-14,17,22H,6-7,15-16H2,1-5H3,(H,28,32)/t17-,22-/m1/s1. The van der Waals surface area contributed by atoms with Crippen LogP contribution < -0.4 is 14.4 Å². The molecule has 0 aliphatic heterocycles. The van der Waals surface area contributed by atoms with E-state index in [1.165, 1.54) is 30.2 Å². The van der Waals surface area contributed by atoms with Crippen LogP contribution in [0.15, 0.2) is 42.5 Å². The fourth-order valence-electron chi connectivity index (χ4n) is 3.59. The van der Waals surface area contributed by atoms with Gasteiger partial charge in [0.25, 0.3) is 0 Å². The average molecular weight is 559 g/mol. The van der Waals surface area contributed by atoms with Crippen molar-refractivity contribution in [3.8, 4) is 5.75 Å². The van der Waals surface area contributed by atoms with Crippen LogP contribution in [-0.2, 0) is 26.2 Å². The van der Waals surface area contributed by atoms with Crippen LogP contribution in [0.2, 0.25) is 10.0 Å². The summed E-state index contributed by atoms with van der Waals surface area (Å²) in [6, 6.07) is 10.5. The number of sulfonamides is 1. The van der Waals surface area contributed by atoms with Crippen LogP contribution in [-0.4, -0.2) is 57.1 Å². The SMILES string of the molecule is CC[C@@H](C)NC(=O)[C@@H](CC)N(Cc1ccccc1Cl)C(=O)CN(c1ccc(OC)c(Cl)c1)S(C)(=O)=O. The molecule has 36 heavy (non-hydrogen) atoms. The molecule has 0 aromatic heterocycles. The number of hydrogen-bond donors (Lipinski definition) is 1. The molecule has 0 bridgehead atoms. The van der Waals surface area contributed by atoms with Gasteiger partial charge in [-0.15, -0.1) is 0 Å². The van der Waals surface area contributed by atoms with Crippen molar-refractivity contribution in [3.05, 3.63) is 58.1 Å². The Morgan fingerprint density at radius 3 is 2.25 bits per heavy atom. The Hall–Kier alpha value is -2.49. The van der Waals surface area contributed by atoms with Gasteiger partial charge >= 0.3 is 0 Å². The van der Waals surface area contributed by atoms with Gasteiger partial charge in [-0.2, -0.15) is 0 Å². The third-order valence-corrected chi connectivity index (χ3v) is 7.59. The van der Waals surface area contributed by atoms with Gasteiger partial charge in [0.15, 0.2) is 0 Å². The lowest BCUT2D eigenvalue weighted by atomic mass is 10.1. The van der Waals surface area contributed by atoms with Gasteiger partial charge in [-0.1, -0.05) is 55.2 Å². The Morgan fingerprint density at radius 1 is 1.06 bits per heavy atom. The molecule has 11 heteroatoms. The van der Waals surface area contributed by atoms with Crippen molar-refractivity contribution >= 4 is 50.7 Å². The van der Waals surface area contributed by atoms with E-state index in [1.54, 1.807) is 31.2 Å². The number of halogens is 2. The van der Waals surface area contributed by atoms with Gasteiger partial charge in [0.2, 0.25) is 21.8 Å². The van der Waals surface area contributed by atoms with E-state index in [1.807, 2.05) is 13.8 Å². The molecule has 2 aromatic carbocycles. The first-order valence-corrected chi connectivity index (χ1v) is 14.2. The van der Waals surface area contributed by atoms with Gasteiger partial charge in [0, 0.05) is 17.6 Å². The number of amides is 2. The summed E-state index contributed by atoms with van der Waals surface area (Å²) < 4.78 is 31.5. The van der Waals surface area contributed by atoms with Crippen LogP contribution in [0.25, 0.3) is 0 Å². The predicted octanol–water partition coefficient (Wildman–Crippen LogP) is 4.49. The van der Waals surface area contributed by atoms with Crippen LogP contribution in [0.5, 0.6) is 5.75 Å². The van der Waals surface area contributed by atoms with E-state index in [9.17, 15) is 18.0 Å². The molecular formula is C25H33Cl2N3O5S. The molecule has 2 atom stereocenters. The second kappa shape index (κ2) is 13.2. The van der Waals surface area contributed by atoms with E-state index in [-0.39, 0.29) is 29.2 Å². The van der Waals surface area contributed by atoms with Crippen LogP contribution in [0, 0.1) is 0 Å². The maximum atomic E-state index is 13.7. The van der Waals surface area contributed by atoms with Gasteiger partial charge in [-0.3, -0.25) is 13.9 Å². The molecule has 0 aliphatic rings. The lowest BCUT2D eigenvalue weighted by Crippen LogP contribution is -2.53. The number of anilines is 1. The number of nitrogens with one attached hydrogen (secondary N) is 1. The Bertz CT molecular complexity index is 1180. The monoisotopic (exact) mass is 557 g/mol. The fourth-order valence-corrected chi connectivity index (χ4v) is 4.88. The van der Waals surface area contributed by atoms with E-state index >= 15 is 0 Å². The lowest BCUT2D eigenvalue weighted by molar-refractivity contribution is -0.140. The molecule has 1 N–H and O–H groups in total. The first kappa shape index (κ1) is 29.7. The first-order chi connectivity index (χ1) is 16.9. The second-order valence-corrected chi connectivity index (χ2v) is 11.2. The summed E-state index contributed by atoms with van der Waals surface area (Å²) >= 11 is 12.6. The number of methoxy groups -OCH3 is 1. The zero-order valence-electron chi connectivity index (χ0n) is 21.1. The van der Waals surface area contributed by atoms with E-state index < -0.39 is 28.5 Å². The molecule has 0 heterocycles. The van der Waals surface area contributed by atoms with Gasteiger partial charge in [-0.05, 0) is 49.6 Å². The van der Waals surface area contributed by atoms with Gasteiger partial charge in [-0.25, -0.2) is 8.42 Å². The van der Waals surface area contributed by atoms with Crippen molar-refractivity contribution in [2.45, 2.75) is 52.2 Å². The molecule has 2 rings (SSSR count). The summed E-state index contributed by atoms with van der Waals surface area (Å²) in [6.45, 7) is 5.13. The highest BCUT2D eigenvalue weighted by atomic mass is 35.5. The van der Waals surface area contributed by atoms with Crippen molar-refractivity contribution in [1.82, 2.24) is 10.2 Å². The normalized spacial score (nSPS) is 13.0. The number of benzene rings is 2. The molecular weight excluding hydrogens is 525 g/mol. The molecule has 0 saturated heterocycles. The minimum Gasteiger partial charge on any atom is -0.495 e. The van der Waals surface area contributed by atoms with Gasteiger partial charge in [0.05, 0.1) is 24.1 Å². The Labute approximate surface area is 223 Å². The molecule has 2 amide bonds. The molecule has 2 aromatic rings. The fraction of sp³-hybridized carbons (Fsp3) is 0.440. The molecule has 198 valence electrons. The van der Waals surface area contributed by atoms with Crippen LogP contribution >= 0.6 is 23.2 Å². The highest BCUT2D eigenvalue weighted by molar-refractivity contribution is 7.92. The number of nitrogens with zero attached hydrogens (tertiary/aromatic N) is 2. The molecule has 8 nitrogen and oxygen atoms in total. The minimum atomic E-state index is -3.88. The van der Waals surface area contributed by atoms with Gasteiger partial charge in [0.1, 0.15) is 18.3 Å². The summed E-state index contributed by atoms with van der Waals surface area (Å²) in [5.41, 5.74) is 0.840. The smallest absolute Gasteiger partial charge is 0.244 e. The molecule has 0 radical (unpaired) electrons. The summed E-state index contributed by atoms with van der Waals surface area (Å²) in [5.74, 6) is -0.502. The summed E-state index contributed by atoms with van der Waals surface area (Å²) in [6.07, 6.45) is 2.05. The van der Waals surface area contributed by atoms with E-state index in [0.29, 0.717) is 22.8 Å². The molecule has 0 saturated carbocycles. The highest BCUT2D eigenvalue weighted by Gasteiger charge is 2.32. The topological polar surface area (TPSA) is 96.0 Å². The van der Waals surface area contributed by atoms with Crippen LogP contribution in [0.1, 0.15) is 39.2 Å². The molecule has 0 spiro atoms. The van der Waals surface area contributed by atoms with E-state index in [2.05, 4.69) is 5.32 Å². The maximum Gasteiger partial charge on any atom is 0.244 e. The number of hydrogen-bond acceptors (Lipinski definition) is 5. The Morgan fingerprint density at radius 2 is 1.72 bits per heavy atom. The largest absolute Gasteiger partial charge is 0.495 e. The summed E-state index contributed by atoms with van der Waals surface area (Å²) in [4.78, 5) is 28.2. The van der Waals surface area contributed by atoms with E-state index in [0.717, 1.165) is 17.0 Å². The van der Waals surface area contributed by atoms with E-state index in [4.69, 9.17) is 27.9 Å². The third-order valence-electron chi connectivity index (χ3n) is 5.79. The highest BCUT2D eigenvalue weighted by Crippen LogP contribution is 2.30. The molecule has 0 unspecified atom stereocenters. The number of carbonyl (C=O) groups is 2. The zero-order chi connectivity index (χ0) is 27.0. The molecule has 0 fully saturated rings. The van der Waals surface area contributed by atoms with Crippen LogP contribution in [0.3, 0.4) is 0 Å². The second-order valence-electron chi connectivity index (χ2n) is 8.44. The zero-order valence-corrected chi connectivity index (χ0v) is 23.5. The van der Waals surface area contributed by atoms with Crippen molar-refractivity contribution < 1.29 is 22.7 Å². The quantitative estimate of drug-likeness (QED) is 0.414. The van der Waals surface area contributed by atoms with Crippen molar-refractivity contribution in [2.75, 3.05) is 24.2 Å². The minimum absolute atomic E-state index is 0.0336. The van der Waals surface area contributed by atoms with Crippen molar-refractivity contribution in [2.24, 2.45) is 0 Å².